The molecule has 0 spiro atoms. The Morgan fingerprint density at radius 2 is 2.26 bits per heavy atom. The van der Waals surface area contributed by atoms with Crippen molar-refractivity contribution in [2.24, 2.45) is 0 Å². The molecule has 6 heteroatoms. The van der Waals surface area contributed by atoms with Crippen LogP contribution in [0.15, 0.2) is 30.6 Å². The van der Waals surface area contributed by atoms with Gasteiger partial charge in [0.05, 0.1) is 5.69 Å². The molecule has 0 atom stereocenters. The quantitative estimate of drug-likeness (QED) is 0.879. The molecule has 0 aliphatic carbocycles. The first-order chi connectivity index (χ1) is 9.35. The molecule has 0 bridgehead atoms. The van der Waals surface area contributed by atoms with Crippen LogP contribution in [0.2, 0.25) is 0 Å². The van der Waals surface area contributed by atoms with Crippen molar-refractivity contribution in [1.29, 1.82) is 0 Å². The molecule has 1 aliphatic rings. The van der Waals surface area contributed by atoms with Crippen molar-refractivity contribution >= 4 is 11.5 Å². The smallest absolute Gasteiger partial charge is 0.224 e. The molecule has 0 saturated carbocycles. The molecule has 0 radical (unpaired) electrons. The van der Waals surface area contributed by atoms with Gasteiger partial charge in [-0.1, -0.05) is 0 Å². The Morgan fingerprint density at radius 3 is 3.16 bits per heavy atom. The van der Waals surface area contributed by atoms with Crippen LogP contribution >= 0.6 is 0 Å². The Morgan fingerprint density at radius 1 is 1.32 bits per heavy atom. The summed E-state index contributed by atoms with van der Waals surface area (Å²) in [6.07, 6.45) is 1.46. The number of nitrogens with one attached hydrogen (secondary N) is 2. The molecule has 2 heterocycles. The molecule has 1 aromatic carbocycles. The molecule has 6 nitrogen and oxygen atoms in total. The van der Waals surface area contributed by atoms with E-state index >= 15 is 0 Å². The summed E-state index contributed by atoms with van der Waals surface area (Å²) in [5.41, 5.74) is 0.984. The van der Waals surface area contributed by atoms with E-state index in [1.54, 1.807) is 13.1 Å². The third kappa shape index (κ3) is 2.52. The first-order valence-corrected chi connectivity index (χ1v) is 6.03. The van der Waals surface area contributed by atoms with Gasteiger partial charge in [0.1, 0.15) is 30.3 Å². The number of fused-ring (bicyclic) bond motifs is 1. The Kier molecular flexibility index (Phi) is 3.06. The largest absolute Gasteiger partial charge is 0.489 e. The summed E-state index contributed by atoms with van der Waals surface area (Å²) in [6.45, 7) is 1.48. The number of anilines is 2. The Balaban J connectivity index is 1.82. The highest BCUT2D eigenvalue weighted by Crippen LogP contribution is 2.33. The molecule has 3 rings (SSSR count). The summed E-state index contributed by atoms with van der Waals surface area (Å²) in [6, 6.07) is 7.40. The third-order valence-electron chi connectivity index (χ3n) is 2.75. The van der Waals surface area contributed by atoms with Crippen LogP contribution in [0.1, 0.15) is 0 Å². The second kappa shape index (κ2) is 5.01. The van der Waals surface area contributed by atoms with E-state index in [0.29, 0.717) is 24.1 Å². The van der Waals surface area contributed by atoms with Crippen LogP contribution in [0.4, 0.5) is 11.5 Å². The summed E-state index contributed by atoms with van der Waals surface area (Å²) >= 11 is 0. The van der Waals surface area contributed by atoms with E-state index in [1.165, 1.54) is 6.33 Å². The first-order valence-electron chi connectivity index (χ1n) is 6.03. The minimum absolute atomic E-state index is 0.489. The van der Waals surface area contributed by atoms with Gasteiger partial charge in [-0.15, -0.1) is 0 Å². The summed E-state index contributed by atoms with van der Waals surface area (Å²) in [5.74, 6) is 2.68. The number of hydrogen-bond acceptors (Lipinski definition) is 6. The highest BCUT2D eigenvalue weighted by atomic mass is 16.5. The Hall–Kier alpha value is -2.50. The van der Waals surface area contributed by atoms with Gasteiger partial charge in [-0.3, -0.25) is 0 Å². The first kappa shape index (κ1) is 11.6. The van der Waals surface area contributed by atoms with Gasteiger partial charge in [0.15, 0.2) is 0 Å². The predicted octanol–water partition coefficient (Wildman–Crippen LogP) is 2.11. The Labute approximate surface area is 110 Å². The van der Waals surface area contributed by atoms with E-state index in [-0.39, 0.29) is 0 Å². The van der Waals surface area contributed by atoms with E-state index < -0.39 is 0 Å². The van der Waals surface area contributed by atoms with E-state index in [0.717, 1.165) is 18.0 Å². The molecule has 0 saturated heterocycles. The van der Waals surface area contributed by atoms with Crippen molar-refractivity contribution in [2.45, 2.75) is 0 Å². The molecule has 19 heavy (non-hydrogen) atoms. The maximum atomic E-state index is 5.69. The van der Waals surface area contributed by atoms with Crippen molar-refractivity contribution < 1.29 is 9.47 Å². The van der Waals surface area contributed by atoms with Gasteiger partial charge in [0.25, 0.3) is 0 Å². The van der Waals surface area contributed by atoms with Gasteiger partial charge < -0.3 is 20.1 Å². The lowest BCUT2D eigenvalue weighted by Gasteiger charge is -2.19. The van der Waals surface area contributed by atoms with E-state index in [4.69, 9.17) is 9.47 Å². The lowest BCUT2D eigenvalue weighted by atomic mass is 10.2. The predicted molar refractivity (Wildman–Crippen MR) is 72.1 cm³/mol. The molecule has 98 valence electrons. The molecule has 2 N–H and O–H groups in total. The van der Waals surface area contributed by atoms with Gasteiger partial charge in [0.2, 0.25) is 5.88 Å². The van der Waals surface area contributed by atoms with Crippen LogP contribution in [0.5, 0.6) is 17.4 Å². The van der Waals surface area contributed by atoms with Crippen molar-refractivity contribution in [3.8, 4) is 17.4 Å². The fourth-order valence-electron chi connectivity index (χ4n) is 1.83. The van der Waals surface area contributed by atoms with Crippen LogP contribution < -0.4 is 20.1 Å². The second-order valence-electron chi connectivity index (χ2n) is 4.03. The lowest BCUT2D eigenvalue weighted by molar-refractivity contribution is 0.321. The third-order valence-corrected chi connectivity index (χ3v) is 2.75. The van der Waals surface area contributed by atoms with Crippen LogP contribution in [-0.2, 0) is 0 Å². The molecular weight excluding hydrogens is 244 g/mol. The van der Waals surface area contributed by atoms with E-state index in [9.17, 15) is 0 Å². The topological polar surface area (TPSA) is 68.3 Å². The van der Waals surface area contributed by atoms with Crippen LogP contribution in [-0.4, -0.2) is 30.2 Å². The zero-order valence-electron chi connectivity index (χ0n) is 10.5. The monoisotopic (exact) mass is 258 g/mol. The average Bonchev–Trinajstić information content (AvgIpc) is 2.47. The van der Waals surface area contributed by atoms with Gasteiger partial charge in [-0.25, -0.2) is 9.97 Å². The van der Waals surface area contributed by atoms with Crippen LogP contribution in [0.3, 0.4) is 0 Å². The van der Waals surface area contributed by atoms with Crippen molar-refractivity contribution in [2.75, 3.05) is 30.8 Å². The molecule has 0 unspecified atom stereocenters. The zero-order chi connectivity index (χ0) is 13.1. The van der Waals surface area contributed by atoms with Gasteiger partial charge in [0, 0.05) is 25.7 Å². The number of rotatable bonds is 3. The number of ether oxygens (including phenoxy) is 2. The molecule has 1 aromatic heterocycles. The van der Waals surface area contributed by atoms with Crippen LogP contribution in [0, 0.1) is 0 Å². The van der Waals surface area contributed by atoms with Crippen molar-refractivity contribution in [1.82, 2.24) is 9.97 Å². The van der Waals surface area contributed by atoms with Gasteiger partial charge >= 0.3 is 0 Å². The molecule has 1 aliphatic heterocycles. The molecule has 2 aromatic rings. The number of hydrogen-bond donors (Lipinski definition) is 2. The van der Waals surface area contributed by atoms with Gasteiger partial charge in [-0.2, -0.15) is 0 Å². The normalized spacial score (nSPS) is 12.9. The maximum Gasteiger partial charge on any atom is 0.224 e. The molecular formula is C13H14N4O2. The van der Waals surface area contributed by atoms with E-state index in [1.807, 2.05) is 18.2 Å². The SMILES string of the molecule is CNc1cc(Oc2ccc3c(c2)OCCN3)ncn1. The Bertz CT molecular complexity index is 589. The number of nitrogens with zero attached hydrogens (tertiary/aromatic N) is 2. The highest BCUT2D eigenvalue weighted by Gasteiger charge is 2.11. The highest BCUT2D eigenvalue weighted by molar-refractivity contribution is 5.60. The fourth-order valence-corrected chi connectivity index (χ4v) is 1.83. The summed E-state index contributed by atoms with van der Waals surface area (Å²) in [4.78, 5) is 8.10. The number of benzene rings is 1. The van der Waals surface area contributed by atoms with Gasteiger partial charge in [-0.05, 0) is 12.1 Å². The van der Waals surface area contributed by atoms with E-state index in [2.05, 4.69) is 20.6 Å². The van der Waals surface area contributed by atoms with Crippen LogP contribution in [0.25, 0.3) is 0 Å². The lowest BCUT2D eigenvalue weighted by Crippen LogP contribution is -2.17. The van der Waals surface area contributed by atoms with Crippen molar-refractivity contribution in [3.63, 3.8) is 0 Å². The number of aromatic nitrogens is 2. The zero-order valence-corrected chi connectivity index (χ0v) is 10.5. The molecule has 0 amide bonds. The molecule has 0 fully saturated rings. The standard InChI is InChI=1S/C13H14N4O2/c1-14-12-7-13(17-8-16-12)19-9-2-3-10-11(6-9)18-5-4-15-10/h2-3,6-8,15H,4-5H2,1H3,(H,14,16,17). The minimum atomic E-state index is 0.489. The maximum absolute atomic E-state index is 5.69. The summed E-state index contributed by atoms with van der Waals surface area (Å²) in [5, 5.41) is 6.19. The second-order valence-corrected chi connectivity index (χ2v) is 4.03. The average molecular weight is 258 g/mol. The summed E-state index contributed by atoms with van der Waals surface area (Å²) in [7, 11) is 1.80. The minimum Gasteiger partial charge on any atom is -0.489 e. The summed E-state index contributed by atoms with van der Waals surface area (Å²) < 4.78 is 11.2. The van der Waals surface area contributed by atoms with Crippen molar-refractivity contribution in [3.05, 3.63) is 30.6 Å². The fraction of sp³-hybridized carbons (Fsp3) is 0.231.